The largest absolute Gasteiger partial charge is 0.335 e. The van der Waals surface area contributed by atoms with E-state index in [1.165, 1.54) is 0 Å². The number of fused-ring (bicyclic) bond motifs is 1. The monoisotopic (exact) mass is 276 g/mol. The molecule has 102 valence electrons. The number of para-hydroxylation sites is 2. The summed E-state index contributed by atoms with van der Waals surface area (Å²) in [6.07, 6.45) is 6.97. The van der Waals surface area contributed by atoms with Crippen LogP contribution in [0.25, 0.3) is 22.7 Å². The molecule has 0 spiro atoms. The average molecular weight is 276 g/mol. The van der Waals surface area contributed by atoms with Gasteiger partial charge in [-0.05, 0) is 18.2 Å². The van der Waals surface area contributed by atoms with Crippen LogP contribution >= 0.6 is 0 Å². The van der Waals surface area contributed by atoms with Crippen LogP contribution in [0.2, 0.25) is 0 Å². The molecular formula is C15H12N6. The van der Waals surface area contributed by atoms with Gasteiger partial charge in [0.05, 0.1) is 23.3 Å². The quantitative estimate of drug-likeness (QED) is 0.623. The van der Waals surface area contributed by atoms with E-state index in [9.17, 15) is 0 Å². The maximum absolute atomic E-state index is 4.59. The Hall–Kier alpha value is -3.02. The fourth-order valence-corrected chi connectivity index (χ4v) is 2.30. The van der Waals surface area contributed by atoms with Gasteiger partial charge in [-0.2, -0.15) is 0 Å². The molecule has 1 N–H and O–H groups in total. The molecule has 6 nitrogen and oxygen atoms in total. The average Bonchev–Trinajstić information content (AvgIpc) is 3.14. The van der Waals surface area contributed by atoms with Crippen LogP contribution in [0.15, 0.2) is 55.2 Å². The van der Waals surface area contributed by atoms with Crippen molar-refractivity contribution in [1.29, 1.82) is 0 Å². The number of nitrogens with zero attached hydrogens (tertiary/aromatic N) is 5. The third-order valence-electron chi connectivity index (χ3n) is 3.29. The molecule has 0 atom stereocenters. The Morgan fingerprint density at radius 2 is 2.00 bits per heavy atom. The first kappa shape index (κ1) is 11.8. The molecule has 0 amide bonds. The van der Waals surface area contributed by atoms with Crippen molar-refractivity contribution in [2.24, 2.45) is 0 Å². The zero-order valence-electron chi connectivity index (χ0n) is 11.1. The molecule has 3 heterocycles. The summed E-state index contributed by atoms with van der Waals surface area (Å²) < 4.78 is 2.01. The Morgan fingerprint density at radius 3 is 2.86 bits per heavy atom. The van der Waals surface area contributed by atoms with Crippen molar-refractivity contribution in [2.75, 3.05) is 0 Å². The van der Waals surface area contributed by atoms with Crippen molar-refractivity contribution in [2.45, 2.75) is 6.54 Å². The lowest BCUT2D eigenvalue weighted by Gasteiger charge is -2.04. The Morgan fingerprint density at radius 1 is 1.05 bits per heavy atom. The fourth-order valence-electron chi connectivity index (χ4n) is 2.30. The summed E-state index contributed by atoms with van der Waals surface area (Å²) in [6, 6.07) is 9.83. The van der Waals surface area contributed by atoms with E-state index < -0.39 is 0 Å². The minimum absolute atomic E-state index is 0.634. The molecule has 0 unspecified atom stereocenters. The van der Waals surface area contributed by atoms with E-state index in [-0.39, 0.29) is 0 Å². The molecule has 0 aliphatic rings. The summed E-state index contributed by atoms with van der Waals surface area (Å²) in [7, 11) is 0. The molecule has 0 radical (unpaired) electrons. The van der Waals surface area contributed by atoms with Gasteiger partial charge < -0.3 is 9.55 Å². The van der Waals surface area contributed by atoms with Crippen molar-refractivity contribution >= 4 is 11.0 Å². The number of rotatable bonds is 3. The van der Waals surface area contributed by atoms with E-state index in [0.717, 1.165) is 28.4 Å². The van der Waals surface area contributed by atoms with Crippen LogP contribution in [-0.4, -0.2) is 29.5 Å². The van der Waals surface area contributed by atoms with Gasteiger partial charge in [-0.25, -0.2) is 19.9 Å². The topological polar surface area (TPSA) is 72.3 Å². The van der Waals surface area contributed by atoms with E-state index >= 15 is 0 Å². The second kappa shape index (κ2) is 4.82. The van der Waals surface area contributed by atoms with Gasteiger partial charge in [-0.1, -0.05) is 12.1 Å². The number of H-pyrrole nitrogens is 1. The highest BCUT2D eigenvalue weighted by molar-refractivity contribution is 5.78. The Labute approximate surface area is 120 Å². The molecular weight excluding hydrogens is 264 g/mol. The lowest BCUT2D eigenvalue weighted by atomic mass is 10.3. The van der Waals surface area contributed by atoms with Crippen molar-refractivity contribution in [1.82, 2.24) is 29.5 Å². The standard InChI is InChI=1S/C15H12N6/c1-2-4-13-12(3-1)19-14(20-13)15-17-7-8-21(15)9-11-5-6-16-10-18-11/h1-8,10H,9H2,(H,19,20). The van der Waals surface area contributed by atoms with Gasteiger partial charge in [0.25, 0.3) is 0 Å². The number of imidazole rings is 2. The lowest BCUT2D eigenvalue weighted by molar-refractivity contribution is 0.772. The van der Waals surface area contributed by atoms with E-state index in [1.807, 2.05) is 41.1 Å². The zero-order valence-corrected chi connectivity index (χ0v) is 11.1. The normalized spacial score (nSPS) is 11.0. The molecule has 1 aromatic carbocycles. The third-order valence-corrected chi connectivity index (χ3v) is 3.29. The number of hydrogen-bond donors (Lipinski definition) is 1. The van der Waals surface area contributed by atoms with Crippen LogP contribution in [0.1, 0.15) is 5.69 Å². The summed E-state index contributed by atoms with van der Waals surface area (Å²) >= 11 is 0. The van der Waals surface area contributed by atoms with Crippen LogP contribution in [0.3, 0.4) is 0 Å². The van der Waals surface area contributed by atoms with Crippen LogP contribution in [0.5, 0.6) is 0 Å². The van der Waals surface area contributed by atoms with Gasteiger partial charge in [0.2, 0.25) is 0 Å². The molecule has 0 saturated carbocycles. The molecule has 0 saturated heterocycles. The number of hydrogen-bond acceptors (Lipinski definition) is 4. The van der Waals surface area contributed by atoms with Crippen LogP contribution in [0, 0.1) is 0 Å². The summed E-state index contributed by atoms with van der Waals surface area (Å²) in [5.74, 6) is 1.56. The SMILES string of the molecule is c1ccc2[nH]c(-c3nccn3Cc3ccncn3)nc2c1. The fraction of sp³-hybridized carbons (Fsp3) is 0.0667. The highest BCUT2D eigenvalue weighted by atomic mass is 15.1. The maximum atomic E-state index is 4.59. The van der Waals surface area contributed by atoms with Gasteiger partial charge in [0, 0.05) is 18.6 Å². The van der Waals surface area contributed by atoms with E-state index in [0.29, 0.717) is 6.54 Å². The first-order valence-electron chi connectivity index (χ1n) is 6.61. The van der Waals surface area contributed by atoms with E-state index in [2.05, 4.69) is 24.9 Å². The van der Waals surface area contributed by atoms with Crippen molar-refractivity contribution < 1.29 is 0 Å². The first-order chi connectivity index (χ1) is 10.4. The van der Waals surface area contributed by atoms with Crippen molar-refractivity contribution in [3.63, 3.8) is 0 Å². The highest BCUT2D eigenvalue weighted by Gasteiger charge is 2.11. The van der Waals surface area contributed by atoms with Crippen LogP contribution in [-0.2, 0) is 6.54 Å². The Kier molecular flexibility index (Phi) is 2.71. The molecule has 0 fully saturated rings. The molecule has 4 rings (SSSR count). The van der Waals surface area contributed by atoms with Crippen molar-refractivity contribution in [3.8, 4) is 11.6 Å². The molecule has 0 aliphatic heterocycles. The van der Waals surface area contributed by atoms with Crippen molar-refractivity contribution in [3.05, 3.63) is 60.9 Å². The second-order valence-electron chi connectivity index (χ2n) is 4.68. The van der Waals surface area contributed by atoms with Crippen LogP contribution < -0.4 is 0 Å². The van der Waals surface area contributed by atoms with Gasteiger partial charge in [0.15, 0.2) is 11.6 Å². The summed E-state index contributed by atoms with van der Waals surface area (Å²) in [5, 5.41) is 0. The van der Waals surface area contributed by atoms with Gasteiger partial charge >= 0.3 is 0 Å². The highest BCUT2D eigenvalue weighted by Crippen LogP contribution is 2.19. The minimum atomic E-state index is 0.634. The smallest absolute Gasteiger partial charge is 0.176 e. The molecule has 6 heteroatoms. The minimum Gasteiger partial charge on any atom is -0.335 e. The third kappa shape index (κ3) is 2.16. The second-order valence-corrected chi connectivity index (χ2v) is 4.68. The first-order valence-corrected chi connectivity index (χ1v) is 6.61. The Balaban J connectivity index is 1.74. The lowest BCUT2D eigenvalue weighted by Crippen LogP contribution is -2.03. The van der Waals surface area contributed by atoms with Gasteiger partial charge in [-0.3, -0.25) is 0 Å². The molecule has 3 aromatic heterocycles. The van der Waals surface area contributed by atoms with Crippen LogP contribution in [0.4, 0.5) is 0 Å². The molecule has 21 heavy (non-hydrogen) atoms. The number of nitrogens with one attached hydrogen (secondary N) is 1. The molecule has 0 aliphatic carbocycles. The maximum Gasteiger partial charge on any atom is 0.176 e. The predicted molar refractivity (Wildman–Crippen MR) is 78.4 cm³/mol. The van der Waals surface area contributed by atoms with Gasteiger partial charge in [0.1, 0.15) is 6.33 Å². The zero-order chi connectivity index (χ0) is 14.1. The Bertz CT molecular complexity index is 844. The van der Waals surface area contributed by atoms with E-state index in [4.69, 9.17) is 0 Å². The summed E-state index contributed by atoms with van der Waals surface area (Å²) in [5.41, 5.74) is 2.87. The predicted octanol–water partition coefficient (Wildman–Crippen LogP) is 2.26. The number of aromatic amines is 1. The molecule has 4 aromatic rings. The van der Waals surface area contributed by atoms with E-state index in [1.54, 1.807) is 18.7 Å². The number of benzene rings is 1. The van der Waals surface area contributed by atoms with Gasteiger partial charge in [-0.15, -0.1) is 0 Å². The molecule has 0 bridgehead atoms. The summed E-state index contributed by atoms with van der Waals surface area (Å²) in [6.45, 7) is 0.634. The summed E-state index contributed by atoms with van der Waals surface area (Å²) in [4.78, 5) is 20.5. The number of aromatic nitrogens is 6.